The van der Waals surface area contributed by atoms with Crippen molar-refractivity contribution in [1.29, 1.82) is 0 Å². The molecule has 0 bridgehead atoms. The fraction of sp³-hybridized carbons (Fsp3) is 1.00. The molecule has 0 unspecified atom stereocenters. The zero-order valence-corrected chi connectivity index (χ0v) is 11.9. The van der Waals surface area contributed by atoms with E-state index in [2.05, 4.69) is 16.7 Å². The second-order valence-corrected chi connectivity index (χ2v) is 5.10. The minimum absolute atomic E-state index is 0. The van der Waals surface area contributed by atoms with E-state index in [1.807, 2.05) is 0 Å². The Hall–Kier alpha value is -0.300. The molecule has 1 heterocycles. The first kappa shape index (κ1) is 16.8. The molecule has 19 heavy (non-hydrogen) atoms. The number of piperazine rings is 1. The van der Waals surface area contributed by atoms with E-state index >= 15 is 0 Å². The Labute approximate surface area is 116 Å². The van der Waals surface area contributed by atoms with E-state index < -0.39 is 19.1 Å². The summed E-state index contributed by atoms with van der Waals surface area (Å²) in [4.78, 5) is 4.87. The van der Waals surface area contributed by atoms with Gasteiger partial charge in [-0.15, -0.1) is 0 Å². The van der Waals surface area contributed by atoms with Gasteiger partial charge in [-0.1, -0.05) is 6.92 Å². The molecule has 2 N–H and O–H groups in total. The standard InChI is InChI=1S/C13H27F2N3O.H2/c1-2-17-6-8-18(9-7-17)5-3-4-10-19-12-13(14,15)11-16;/h2-12,16H2,1H3;1H. The first-order valence-electron chi connectivity index (χ1n) is 7.18. The van der Waals surface area contributed by atoms with Gasteiger partial charge in [0.25, 0.3) is 5.92 Å². The number of nitrogens with zero attached hydrogens (tertiary/aromatic N) is 2. The van der Waals surface area contributed by atoms with Gasteiger partial charge in [0.15, 0.2) is 0 Å². The van der Waals surface area contributed by atoms with Crippen molar-refractivity contribution in [2.24, 2.45) is 5.73 Å². The summed E-state index contributed by atoms with van der Waals surface area (Å²) < 4.78 is 30.5. The lowest BCUT2D eigenvalue weighted by molar-refractivity contribution is -0.0699. The van der Waals surface area contributed by atoms with E-state index in [0.717, 1.165) is 52.1 Å². The van der Waals surface area contributed by atoms with Crippen LogP contribution in [0.1, 0.15) is 21.2 Å². The van der Waals surface area contributed by atoms with Gasteiger partial charge < -0.3 is 20.3 Å². The number of halogens is 2. The van der Waals surface area contributed by atoms with Gasteiger partial charge in [-0.3, -0.25) is 0 Å². The summed E-state index contributed by atoms with van der Waals surface area (Å²) in [6.07, 6.45) is 1.83. The molecule has 0 spiro atoms. The van der Waals surface area contributed by atoms with Crippen molar-refractivity contribution < 1.29 is 14.9 Å². The minimum atomic E-state index is -2.88. The van der Waals surface area contributed by atoms with Crippen LogP contribution in [-0.2, 0) is 4.74 Å². The molecule has 1 aliphatic heterocycles. The van der Waals surface area contributed by atoms with Crippen LogP contribution in [0, 0.1) is 0 Å². The first-order chi connectivity index (χ1) is 9.07. The summed E-state index contributed by atoms with van der Waals surface area (Å²) in [5.41, 5.74) is 4.93. The normalized spacial score (nSPS) is 18.9. The van der Waals surface area contributed by atoms with E-state index in [0.29, 0.717) is 6.61 Å². The van der Waals surface area contributed by atoms with Crippen molar-refractivity contribution in [2.45, 2.75) is 25.7 Å². The maximum atomic E-state index is 12.8. The van der Waals surface area contributed by atoms with Crippen LogP contribution in [-0.4, -0.2) is 74.7 Å². The van der Waals surface area contributed by atoms with Gasteiger partial charge in [0, 0.05) is 34.2 Å². The zero-order chi connectivity index (χ0) is 14.1. The molecule has 1 aliphatic rings. The lowest BCUT2D eigenvalue weighted by atomic mass is 10.2. The van der Waals surface area contributed by atoms with Crippen LogP contribution in [0.4, 0.5) is 8.78 Å². The Morgan fingerprint density at radius 2 is 1.79 bits per heavy atom. The molecule has 0 aliphatic carbocycles. The summed E-state index contributed by atoms with van der Waals surface area (Å²) in [5, 5.41) is 0. The first-order valence-corrected chi connectivity index (χ1v) is 7.18. The average molecular weight is 281 g/mol. The van der Waals surface area contributed by atoms with Gasteiger partial charge in [-0.2, -0.15) is 0 Å². The smallest absolute Gasteiger partial charge is 0.282 e. The molecule has 1 saturated heterocycles. The molecule has 1 rings (SSSR count). The number of hydrogen-bond acceptors (Lipinski definition) is 4. The van der Waals surface area contributed by atoms with Gasteiger partial charge in [-0.05, 0) is 25.9 Å². The number of nitrogens with two attached hydrogens (primary N) is 1. The average Bonchev–Trinajstić information content (AvgIpc) is 2.43. The highest BCUT2D eigenvalue weighted by Crippen LogP contribution is 2.11. The fourth-order valence-electron chi connectivity index (χ4n) is 2.15. The van der Waals surface area contributed by atoms with Crippen LogP contribution in [0.2, 0.25) is 0 Å². The number of likely N-dealkylation sites (N-methyl/N-ethyl adjacent to an activating group) is 1. The summed E-state index contributed by atoms with van der Waals surface area (Å²) in [5.74, 6) is -2.88. The van der Waals surface area contributed by atoms with Crippen LogP contribution >= 0.6 is 0 Å². The minimum Gasteiger partial charge on any atom is -0.375 e. The third-order valence-electron chi connectivity index (χ3n) is 3.54. The monoisotopic (exact) mass is 281 g/mol. The van der Waals surface area contributed by atoms with Crippen molar-refractivity contribution in [1.82, 2.24) is 9.80 Å². The second kappa shape index (κ2) is 8.79. The van der Waals surface area contributed by atoms with Crippen molar-refractivity contribution in [2.75, 3.05) is 59.0 Å². The highest BCUT2D eigenvalue weighted by molar-refractivity contribution is 4.70. The molecule has 4 nitrogen and oxygen atoms in total. The summed E-state index contributed by atoms with van der Waals surface area (Å²) >= 11 is 0. The third kappa shape index (κ3) is 7.15. The van der Waals surface area contributed by atoms with Crippen molar-refractivity contribution >= 4 is 0 Å². The van der Waals surface area contributed by atoms with E-state index in [1.165, 1.54) is 0 Å². The Morgan fingerprint density at radius 1 is 1.16 bits per heavy atom. The maximum Gasteiger partial charge on any atom is 0.282 e. The quantitative estimate of drug-likeness (QED) is 0.646. The van der Waals surface area contributed by atoms with E-state index in [9.17, 15) is 8.78 Å². The molecular formula is C13H29F2N3O. The number of alkyl halides is 2. The predicted molar refractivity (Wildman–Crippen MR) is 74.7 cm³/mol. The molecule has 0 aromatic carbocycles. The number of ether oxygens (including phenoxy) is 1. The molecule has 1 fully saturated rings. The Balaban J connectivity index is 0.00000361. The van der Waals surface area contributed by atoms with Gasteiger partial charge in [0.2, 0.25) is 0 Å². The van der Waals surface area contributed by atoms with Crippen LogP contribution in [0.25, 0.3) is 0 Å². The summed E-state index contributed by atoms with van der Waals surface area (Å²) in [6.45, 7) is 8.03. The van der Waals surface area contributed by atoms with E-state index in [-0.39, 0.29) is 1.43 Å². The van der Waals surface area contributed by atoms with Crippen molar-refractivity contribution in [3.8, 4) is 0 Å². The van der Waals surface area contributed by atoms with Crippen LogP contribution in [0.15, 0.2) is 0 Å². The highest BCUT2D eigenvalue weighted by Gasteiger charge is 2.26. The molecule has 0 radical (unpaired) electrons. The lowest BCUT2D eigenvalue weighted by Gasteiger charge is -2.33. The molecule has 0 amide bonds. The topological polar surface area (TPSA) is 41.7 Å². The lowest BCUT2D eigenvalue weighted by Crippen LogP contribution is -2.46. The molecule has 0 aromatic heterocycles. The molecular weight excluding hydrogens is 252 g/mol. The van der Waals surface area contributed by atoms with E-state index in [4.69, 9.17) is 10.5 Å². The molecule has 116 valence electrons. The largest absolute Gasteiger partial charge is 0.375 e. The van der Waals surface area contributed by atoms with Gasteiger partial charge >= 0.3 is 0 Å². The van der Waals surface area contributed by atoms with Gasteiger partial charge in [0.1, 0.15) is 6.61 Å². The fourth-order valence-corrected chi connectivity index (χ4v) is 2.15. The van der Waals surface area contributed by atoms with Crippen molar-refractivity contribution in [3.05, 3.63) is 0 Å². The number of hydrogen-bond donors (Lipinski definition) is 1. The molecule has 0 saturated carbocycles. The predicted octanol–water partition coefficient (Wildman–Crippen LogP) is 1.26. The van der Waals surface area contributed by atoms with Crippen LogP contribution in [0.5, 0.6) is 0 Å². The SMILES string of the molecule is CCN1CCN(CCCCOCC(F)(F)CN)CC1.[HH]. The maximum absolute atomic E-state index is 12.8. The van der Waals surface area contributed by atoms with Crippen molar-refractivity contribution in [3.63, 3.8) is 0 Å². The van der Waals surface area contributed by atoms with Crippen LogP contribution in [0.3, 0.4) is 0 Å². The summed E-state index contributed by atoms with van der Waals surface area (Å²) in [6, 6.07) is 0. The van der Waals surface area contributed by atoms with Gasteiger partial charge in [0.05, 0.1) is 6.54 Å². The molecule has 6 heteroatoms. The van der Waals surface area contributed by atoms with Crippen LogP contribution < -0.4 is 5.73 Å². The second-order valence-electron chi connectivity index (χ2n) is 5.10. The number of rotatable bonds is 9. The highest BCUT2D eigenvalue weighted by atomic mass is 19.3. The zero-order valence-electron chi connectivity index (χ0n) is 11.9. The Kier molecular flexibility index (Phi) is 7.75. The Morgan fingerprint density at radius 3 is 2.37 bits per heavy atom. The molecule has 0 aromatic rings. The van der Waals surface area contributed by atoms with E-state index in [1.54, 1.807) is 0 Å². The summed E-state index contributed by atoms with van der Waals surface area (Å²) in [7, 11) is 0. The molecule has 0 atom stereocenters. The third-order valence-corrected chi connectivity index (χ3v) is 3.54. The number of unbranched alkanes of at least 4 members (excludes halogenated alkanes) is 1. The Bertz CT molecular complexity index is 240. The van der Waals surface area contributed by atoms with Gasteiger partial charge in [-0.25, -0.2) is 8.78 Å².